The molecule has 158 valence electrons. The van der Waals surface area contributed by atoms with Crippen LogP contribution in [-0.2, 0) is 4.79 Å². The smallest absolute Gasteiger partial charge is 0.217 e. The fourth-order valence-corrected chi connectivity index (χ4v) is 4.08. The number of aryl methyl sites for hydroxylation is 2. The Hall–Kier alpha value is -3.79. The molecular formula is C24H26N6O. The van der Waals surface area contributed by atoms with Crippen LogP contribution < -0.4 is 21.7 Å². The third-order valence-electron chi connectivity index (χ3n) is 5.70. The molecule has 1 heterocycles. The number of aliphatic imine (C=N–C) groups is 1. The summed E-state index contributed by atoms with van der Waals surface area (Å²) in [6.45, 7) is 4.18. The Balaban J connectivity index is 1.44. The van der Waals surface area contributed by atoms with E-state index in [0.29, 0.717) is 29.8 Å². The summed E-state index contributed by atoms with van der Waals surface area (Å²) in [4.78, 5) is 15.9. The van der Waals surface area contributed by atoms with E-state index in [1.807, 2.05) is 24.4 Å². The maximum atomic E-state index is 11.2. The summed E-state index contributed by atoms with van der Waals surface area (Å²) >= 11 is 0. The molecule has 1 aliphatic carbocycles. The standard InChI is InChI=1S/C24H26N6O/c1-14-9-17(20-11-18(20)12-21(26)31)10-15(2)23(14)29-22-7-8-27-24(30-22)28-19-5-3-16(13-25)4-6-19/h3-10,18,20,22,29H,11-12H2,1-2H3,(H2,26,31)(H2,27,28,30)/t18-,20?,22?/m0/s1. The number of hydrogen-bond donors (Lipinski definition) is 4. The van der Waals surface area contributed by atoms with E-state index in [4.69, 9.17) is 16.0 Å². The molecule has 5 N–H and O–H groups in total. The van der Waals surface area contributed by atoms with Gasteiger partial charge >= 0.3 is 0 Å². The molecule has 2 aliphatic rings. The van der Waals surface area contributed by atoms with Gasteiger partial charge in [-0.15, -0.1) is 0 Å². The molecule has 0 saturated heterocycles. The molecule has 0 radical (unpaired) electrons. The molecule has 1 saturated carbocycles. The predicted octanol–water partition coefficient (Wildman–Crippen LogP) is 3.48. The van der Waals surface area contributed by atoms with Crippen molar-refractivity contribution in [3.05, 3.63) is 70.9 Å². The average Bonchev–Trinajstić information content (AvgIpc) is 3.50. The number of rotatable bonds is 6. The molecule has 2 aromatic rings. The van der Waals surface area contributed by atoms with Gasteiger partial charge < -0.3 is 21.7 Å². The van der Waals surface area contributed by atoms with Crippen LogP contribution in [0.25, 0.3) is 0 Å². The van der Waals surface area contributed by atoms with E-state index in [2.05, 4.69) is 48.0 Å². The van der Waals surface area contributed by atoms with E-state index in [9.17, 15) is 4.79 Å². The minimum absolute atomic E-state index is 0.214. The molecule has 7 nitrogen and oxygen atoms in total. The van der Waals surface area contributed by atoms with Gasteiger partial charge in [0.25, 0.3) is 0 Å². The van der Waals surface area contributed by atoms with Crippen molar-refractivity contribution in [3.8, 4) is 6.07 Å². The van der Waals surface area contributed by atoms with Crippen molar-refractivity contribution < 1.29 is 4.79 Å². The lowest BCUT2D eigenvalue weighted by molar-refractivity contribution is -0.118. The molecule has 1 fully saturated rings. The van der Waals surface area contributed by atoms with Gasteiger partial charge in [-0.1, -0.05) is 12.1 Å². The van der Waals surface area contributed by atoms with Gasteiger partial charge in [-0.05, 0) is 79.1 Å². The maximum absolute atomic E-state index is 11.2. The van der Waals surface area contributed by atoms with Crippen LogP contribution in [0, 0.1) is 31.1 Å². The van der Waals surface area contributed by atoms with Crippen molar-refractivity contribution in [1.29, 1.82) is 5.26 Å². The molecule has 4 rings (SSSR count). The number of anilines is 2. The number of nitriles is 1. The molecule has 0 spiro atoms. The van der Waals surface area contributed by atoms with Crippen molar-refractivity contribution in [1.82, 2.24) is 5.32 Å². The highest BCUT2D eigenvalue weighted by Crippen LogP contribution is 2.50. The van der Waals surface area contributed by atoms with Crippen LogP contribution in [0.4, 0.5) is 11.4 Å². The number of nitrogens with one attached hydrogen (secondary N) is 3. The second-order valence-electron chi connectivity index (χ2n) is 8.19. The molecule has 2 aromatic carbocycles. The predicted molar refractivity (Wildman–Crippen MR) is 122 cm³/mol. The Bertz CT molecular complexity index is 1070. The van der Waals surface area contributed by atoms with Crippen molar-refractivity contribution in [2.75, 3.05) is 10.6 Å². The maximum Gasteiger partial charge on any atom is 0.217 e. The van der Waals surface area contributed by atoms with Crippen LogP contribution in [0.5, 0.6) is 0 Å². The Morgan fingerprint density at radius 1 is 1.26 bits per heavy atom. The van der Waals surface area contributed by atoms with E-state index in [1.165, 1.54) is 5.56 Å². The molecule has 1 aliphatic heterocycles. The third-order valence-corrected chi connectivity index (χ3v) is 5.70. The van der Waals surface area contributed by atoms with Gasteiger partial charge in [0.2, 0.25) is 11.9 Å². The topological polar surface area (TPSA) is 115 Å². The number of guanidine groups is 1. The number of amides is 1. The molecule has 2 unspecified atom stereocenters. The first-order chi connectivity index (χ1) is 14.9. The van der Waals surface area contributed by atoms with Crippen LogP contribution in [0.3, 0.4) is 0 Å². The highest BCUT2D eigenvalue weighted by atomic mass is 16.1. The van der Waals surface area contributed by atoms with Crippen LogP contribution in [0.1, 0.15) is 41.0 Å². The van der Waals surface area contributed by atoms with Gasteiger partial charge in [-0.3, -0.25) is 4.79 Å². The number of carbonyl (C=O) groups is 1. The Labute approximate surface area is 182 Å². The third kappa shape index (κ3) is 4.86. The zero-order valence-corrected chi connectivity index (χ0v) is 17.6. The molecule has 7 heteroatoms. The summed E-state index contributed by atoms with van der Waals surface area (Å²) in [5.74, 6) is 1.21. The summed E-state index contributed by atoms with van der Waals surface area (Å²) in [7, 11) is 0. The normalized spacial score (nSPS) is 21.5. The molecule has 0 aromatic heterocycles. The molecule has 1 amide bonds. The Morgan fingerprint density at radius 3 is 2.61 bits per heavy atom. The molecule has 31 heavy (non-hydrogen) atoms. The van der Waals surface area contributed by atoms with E-state index >= 15 is 0 Å². The zero-order valence-electron chi connectivity index (χ0n) is 17.6. The summed E-state index contributed by atoms with van der Waals surface area (Å²) in [6.07, 6.45) is 5.09. The van der Waals surface area contributed by atoms with E-state index in [1.54, 1.807) is 12.1 Å². The fourth-order valence-electron chi connectivity index (χ4n) is 4.08. The summed E-state index contributed by atoms with van der Waals surface area (Å²) < 4.78 is 0. The number of benzene rings is 2. The summed E-state index contributed by atoms with van der Waals surface area (Å²) in [5, 5.41) is 18.8. The lowest BCUT2D eigenvalue weighted by Crippen LogP contribution is -2.33. The second kappa shape index (κ2) is 8.52. The lowest BCUT2D eigenvalue weighted by atomic mass is 9.99. The van der Waals surface area contributed by atoms with Crippen molar-refractivity contribution >= 4 is 23.2 Å². The van der Waals surface area contributed by atoms with Gasteiger partial charge in [0.15, 0.2) is 0 Å². The Morgan fingerprint density at radius 2 is 1.97 bits per heavy atom. The first-order valence-corrected chi connectivity index (χ1v) is 10.4. The lowest BCUT2D eigenvalue weighted by Gasteiger charge is -2.22. The monoisotopic (exact) mass is 414 g/mol. The van der Waals surface area contributed by atoms with Crippen molar-refractivity contribution in [2.24, 2.45) is 16.6 Å². The van der Waals surface area contributed by atoms with Gasteiger partial charge in [-0.2, -0.15) is 5.26 Å². The molecule has 0 bridgehead atoms. The molecular weight excluding hydrogens is 388 g/mol. The summed E-state index contributed by atoms with van der Waals surface area (Å²) in [6, 6.07) is 13.7. The zero-order chi connectivity index (χ0) is 22.0. The Kier molecular flexibility index (Phi) is 5.63. The van der Waals surface area contributed by atoms with Crippen LogP contribution in [-0.4, -0.2) is 18.0 Å². The molecule has 3 atom stereocenters. The minimum Gasteiger partial charge on any atom is -0.370 e. The van der Waals surface area contributed by atoms with Crippen LogP contribution in [0.15, 0.2) is 53.7 Å². The quantitative estimate of drug-likeness (QED) is 0.578. The number of nitrogens with two attached hydrogens (primary N) is 1. The van der Waals surface area contributed by atoms with Gasteiger partial charge in [0.05, 0.1) is 11.6 Å². The average molecular weight is 415 g/mol. The summed E-state index contributed by atoms with van der Waals surface area (Å²) in [5.41, 5.74) is 11.5. The van der Waals surface area contributed by atoms with Crippen LogP contribution in [0.2, 0.25) is 0 Å². The van der Waals surface area contributed by atoms with Crippen molar-refractivity contribution in [3.63, 3.8) is 0 Å². The second-order valence-corrected chi connectivity index (χ2v) is 8.19. The van der Waals surface area contributed by atoms with E-state index in [0.717, 1.165) is 28.9 Å². The first-order valence-electron chi connectivity index (χ1n) is 10.4. The van der Waals surface area contributed by atoms with Gasteiger partial charge in [0.1, 0.15) is 6.17 Å². The first kappa shape index (κ1) is 20.5. The van der Waals surface area contributed by atoms with E-state index in [-0.39, 0.29) is 12.1 Å². The van der Waals surface area contributed by atoms with Gasteiger partial charge in [-0.25, -0.2) is 4.99 Å². The minimum atomic E-state index is -0.222. The fraction of sp³-hybridized carbons (Fsp3) is 0.292. The SMILES string of the molecule is Cc1cc(C2C[C@H]2CC(N)=O)cc(C)c1NC1C=CNC(Nc2ccc(C#N)cc2)=N1. The number of primary amides is 1. The highest BCUT2D eigenvalue weighted by Gasteiger charge is 2.39. The largest absolute Gasteiger partial charge is 0.370 e. The van der Waals surface area contributed by atoms with Crippen molar-refractivity contribution in [2.45, 2.75) is 38.8 Å². The van der Waals surface area contributed by atoms with Gasteiger partial charge in [0, 0.05) is 24.0 Å². The van der Waals surface area contributed by atoms with Crippen LogP contribution >= 0.6 is 0 Å². The highest BCUT2D eigenvalue weighted by molar-refractivity contribution is 5.95. The number of carbonyl (C=O) groups excluding carboxylic acids is 1. The number of hydrogen-bond acceptors (Lipinski definition) is 6. The van der Waals surface area contributed by atoms with E-state index < -0.39 is 0 Å². The number of nitrogens with zero attached hydrogens (tertiary/aromatic N) is 2.